The van der Waals surface area contributed by atoms with E-state index >= 15 is 0 Å². The molecule has 0 aliphatic carbocycles. The Morgan fingerprint density at radius 3 is 2.31 bits per heavy atom. The summed E-state index contributed by atoms with van der Waals surface area (Å²) in [7, 11) is 0. The third-order valence-corrected chi connectivity index (χ3v) is 7.26. The molecular formula is C29H26Cl2N6O2. The summed E-state index contributed by atoms with van der Waals surface area (Å²) in [5.74, 6) is -0.321. The van der Waals surface area contributed by atoms with E-state index in [4.69, 9.17) is 28.4 Å². The van der Waals surface area contributed by atoms with Crippen molar-refractivity contribution in [3.8, 4) is 5.69 Å². The number of hydrogen-bond acceptors (Lipinski definition) is 5. The Bertz CT molecular complexity index is 1580. The van der Waals surface area contributed by atoms with Crippen LogP contribution in [0.15, 0.2) is 84.5 Å². The van der Waals surface area contributed by atoms with E-state index in [0.29, 0.717) is 12.2 Å². The van der Waals surface area contributed by atoms with Crippen LogP contribution in [0.3, 0.4) is 0 Å². The predicted molar refractivity (Wildman–Crippen MR) is 153 cm³/mol. The summed E-state index contributed by atoms with van der Waals surface area (Å²) in [6, 6.07) is 21.4. The average Bonchev–Trinajstić information content (AvgIpc) is 3.57. The van der Waals surface area contributed by atoms with Gasteiger partial charge in [-0.15, -0.1) is 10.2 Å². The van der Waals surface area contributed by atoms with Gasteiger partial charge in [-0.05, 0) is 44.0 Å². The van der Waals surface area contributed by atoms with E-state index in [2.05, 4.69) is 43.4 Å². The van der Waals surface area contributed by atoms with E-state index in [1.807, 2.05) is 43.3 Å². The lowest BCUT2D eigenvalue weighted by atomic mass is 10.0. The number of aromatic nitrogens is 4. The van der Waals surface area contributed by atoms with E-state index in [1.165, 1.54) is 18.9 Å². The first-order valence-corrected chi connectivity index (χ1v) is 13.2. The number of benzene rings is 3. The highest BCUT2D eigenvalue weighted by Crippen LogP contribution is 2.32. The van der Waals surface area contributed by atoms with E-state index in [-0.39, 0.29) is 27.6 Å². The SMILES string of the molecule is Cc1ccc2c(c1)c(/C=N/O)c1n2CC(NC(=O)c2c(Cl)cc(-n3cnnc3)cc2Cl)CC1.c1ccccc1. The summed E-state index contributed by atoms with van der Waals surface area (Å²) in [4.78, 5) is 13.1. The third-order valence-electron chi connectivity index (χ3n) is 6.66. The van der Waals surface area contributed by atoms with Gasteiger partial charge in [-0.3, -0.25) is 9.36 Å². The lowest BCUT2D eigenvalue weighted by Gasteiger charge is -2.27. The van der Waals surface area contributed by atoms with Gasteiger partial charge in [0.15, 0.2) is 0 Å². The number of nitrogens with one attached hydrogen (secondary N) is 1. The van der Waals surface area contributed by atoms with Crippen molar-refractivity contribution in [2.75, 3.05) is 0 Å². The third kappa shape index (κ3) is 5.67. The minimum atomic E-state index is -0.321. The maximum Gasteiger partial charge on any atom is 0.254 e. The van der Waals surface area contributed by atoms with Crippen molar-refractivity contribution >= 4 is 46.2 Å². The molecule has 0 bridgehead atoms. The van der Waals surface area contributed by atoms with Gasteiger partial charge >= 0.3 is 0 Å². The Balaban J connectivity index is 0.000000455. The highest BCUT2D eigenvalue weighted by Gasteiger charge is 2.27. The van der Waals surface area contributed by atoms with Gasteiger partial charge in [-0.2, -0.15) is 0 Å². The van der Waals surface area contributed by atoms with Crippen molar-refractivity contribution in [1.82, 2.24) is 24.6 Å². The van der Waals surface area contributed by atoms with Crippen LogP contribution in [-0.2, 0) is 13.0 Å². The average molecular weight is 561 g/mol. The van der Waals surface area contributed by atoms with Crippen LogP contribution < -0.4 is 5.32 Å². The summed E-state index contributed by atoms with van der Waals surface area (Å²) in [5.41, 5.74) is 5.08. The monoisotopic (exact) mass is 560 g/mol. The molecule has 0 fully saturated rings. The van der Waals surface area contributed by atoms with Crippen LogP contribution in [0.5, 0.6) is 0 Å². The highest BCUT2D eigenvalue weighted by molar-refractivity contribution is 6.40. The van der Waals surface area contributed by atoms with Gasteiger partial charge in [0.1, 0.15) is 12.7 Å². The summed E-state index contributed by atoms with van der Waals surface area (Å²) in [6.45, 7) is 2.62. The molecule has 3 aromatic carbocycles. The Morgan fingerprint density at radius 2 is 1.69 bits per heavy atom. The van der Waals surface area contributed by atoms with E-state index in [1.54, 1.807) is 16.7 Å². The van der Waals surface area contributed by atoms with Crippen LogP contribution in [0.1, 0.15) is 33.6 Å². The lowest BCUT2D eigenvalue weighted by Crippen LogP contribution is -2.41. The fourth-order valence-electron chi connectivity index (χ4n) is 4.87. The van der Waals surface area contributed by atoms with Gasteiger partial charge in [0.2, 0.25) is 0 Å². The van der Waals surface area contributed by atoms with Crippen LogP contribution >= 0.6 is 23.2 Å². The van der Waals surface area contributed by atoms with Crippen molar-refractivity contribution in [2.45, 2.75) is 32.4 Å². The standard InChI is InChI=1S/C23H20Cl2N6O2.C6H6/c1-13-2-4-20-16(6-13)17(9-28-33)21-5-3-14(10-31(20)21)29-23(32)22-18(24)7-15(8-19(22)25)30-11-26-27-12-30;1-2-4-6-5-3-1/h2,4,6-9,11-12,14,33H,3,5,10H2,1H3,(H,29,32);1-6H/b28-9+;. The van der Waals surface area contributed by atoms with Gasteiger partial charge < -0.3 is 15.1 Å². The fraction of sp³-hybridized carbons (Fsp3) is 0.172. The molecule has 39 heavy (non-hydrogen) atoms. The Morgan fingerprint density at radius 1 is 1.05 bits per heavy atom. The maximum absolute atomic E-state index is 13.1. The number of rotatable bonds is 4. The molecular weight excluding hydrogens is 535 g/mol. The minimum absolute atomic E-state index is 0.106. The molecule has 5 aromatic rings. The zero-order chi connectivity index (χ0) is 27.4. The van der Waals surface area contributed by atoms with E-state index < -0.39 is 0 Å². The van der Waals surface area contributed by atoms with Crippen LogP contribution in [0.25, 0.3) is 16.6 Å². The zero-order valence-corrected chi connectivity index (χ0v) is 22.6. The molecule has 198 valence electrons. The van der Waals surface area contributed by atoms with Gasteiger partial charge in [0.25, 0.3) is 5.91 Å². The Hall–Kier alpha value is -4.14. The Kier molecular flexibility index (Phi) is 7.95. The van der Waals surface area contributed by atoms with Crippen molar-refractivity contribution < 1.29 is 10.0 Å². The highest BCUT2D eigenvalue weighted by atomic mass is 35.5. The normalized spacial score (nSPS) is 14.6. The van der Waals surface area contributed by atoms with Crippen molar-refractivity contribution in [2.24, 2.45) is 5.16 Å². The molecule has 3 heterocycles. The van der Waals surface area contributed by atoms with Gasteiger partial charge in [-0.1, -0.05) is 76.4 Å². The number of carbonyl (C=O) groups is 1. The number of fused-ring (bicyclic) bond motifs is 3. The van der Waals surface area contributed by atoms with Crippen LogP contribution in [0.4, 0.5) is 0 Å². The Labute approximate surface area is 235 Å². The van der Waals surface area contributed by atoms with Gasteiger partial charge in [-0.25, -0.2) is 0 Å². The lowest BCUT2D eigenvalue weighted by molar-refractivity contribution is 0.0928. The maximum atomic E-state index is 13.1. The summed E-state index contributed by atoms with van der Waals surface area (Å²) in [5, 5.41) is 24.6. The second kappa shape index (κ2) is 11.7. The molecule has 1 aliphatic rings. The first kappa shape index (κ1) is 26.5. The molecule has 1 aliphatic heterocycles. The zero-order valence-electron chi connectivity index (χ0n) is 21.1. The van der Waals surface area contributed by atoms with Gasteiger partial charge in [0, 0.05) is 34.7 Å². The molecule has 1 atom stereocenters. The summed E-state index contributed by atoms with van der Waals surface area (Å²) < 4.78 is 3.84. The van der Waals surface area contributed by atoms with Gasteiger partial charge in [0.05, 0.1) is 27.5 Å². The number of nitrogens with zero attached hydrogens (tertiary/aromatic N) is 5. The number of oxime groups is 1. The molecule has 2 aromatic heterocycles. The quantitative estimate of drug-likeness (QED) is 0.158. The molecule has 6 rings (SSSR count). The van der Waals surface area contributed by atoms with Crippen LogP contribution in [0, 0.1) is 6.92 Å². The topological polar surface area (TPSA) is 97.3 Å². The van der Waals surface area contributed by atoms with E-state index in [9.17, 15) is 4.79 Å². The number of halogens is 2. The van der Waals surface area contributed by atoms with Crippen LogP contribution in [-0.4, -0.2) is 42.7 Å². The van der Waals surface area contributed by atoms with Crippen molar-refractivity contribution in [3.63, 3.8) is 0 Å². The molecule has 8 nitrogen and oxygen atoms in total. The largest absolute Gasteiger partial charge is 0.411 e. The first-order chi connectivity index (χ1) is 19.0. The molecule has 0 spiro atoms. The molecule has 0 saturated heterocycles. The fourth-order valence-corrected chi connectivity index (χ4v) is 5.52. The molecule has 1 unspecified atom stereocenters. The summed E-state index contributed by atoms with van der Waals surface area (Å²) in [6.07, 6.45) is 6.01. The van der Waals surface area contributed by atoms with Crippen molar-refractivity contribution in [1.29, 1.82) is 0 Å². The second-order valence-corrected chi connectivity index (χ2v) is 10.1. The number of carbonyl (C=O) groups excluding carboxylic acids is 1. The van der Waals surface area contributed by atoms with Crippen molar-refractivity contribution in [3.05, 3.63) is 112 Å². The number of hydrogen-bond donors (Lipinski definition) is 2. The molecule has 2 N–H and O–H groups in total. The van der Waals surface area contributed by atoms with Crippen LogP contribution in [0.2, 0.25) is 10.0 Å². The number of amides is 1. The molecule has 10 heteroatoms. The predicted octanol–water partition coefficient (Wildman–Crippen LogP) is 6.08. The van der Waals surface area contributed by atoms with E-state index in [0.717, 1.165) is 40.6 Å². The minimum Gasteiger partial charge on any atom is -0.411 e. The second-order valence-electron chi connectivity index (χ2n) is 9.25. The molecule has 1 amide bonds. The smallest absolute Gasteiger partial charge is 0.254 e. The summed E-state index contributed by atoms with van der Waals surface area (Å²) >= 11 is 12.9. The first-order valence-electron chi connectivity index (χ1n) is 12.4. The molecule has 0 saturated carbocycles. The molecule has 0 radical (unpaired) electrons. The number of aryl methyl sites for hydroxylation is 1.